The van der Waals surface area contributed by atoms with Crippen LogP contribution in [0.3, 0.4) is 0 Å². The summed E-state index contributed by atoms with van der Waals surface area (Å²) in [7, 11) is 17.9. The zero-order chi connectivity index (χ0) is 42.0. The van der Waals surface area contributed by atoms with Crippen LogP contribution in [0.4, 0.5) is 0 Å². The molecule has 6 aromatic carbocycles. The Hall–Kier alpha value is -4.73. The topological polar surface area (TPSA) is 58.2 Å². The Morgan fingerprint density at radius 3 is 1.28 bits per heavy atom. The van der Waals surface area contributed by atoms with E-state index in [0.717, 1.165) is 68.5 Å². The van der Waals surface area contributed by atoms with Gasteiger partial charge in [-0.3, -0.25) is 0 Å². The molecule has 0 bridgehead atoms. The minimum atomic E-state index is -6.22. The SMILES string of the molecule is CCC(C)c1ccccc1-c1cccc2c1C=C(c1ccccc1)[CH]2[Zr]([Cl])([Cl])([B](NC=O)NC=O)[CH]1C(c2ccccc2)=Cc2c(-c3ccccc3C(C)CC)cccc21. The predicted octanol–water partition coefficient (Wildman–Crippen LogP) is 13.4. The van der Waals surface area contributed by atoms with E-state index in [0.29, 0.717) is 24.7 Å². The van der Waals surface area contributed by atoms with Crippen molar-refractivity contribution in [1.82, 2.24) is 10.5 Å². The van der Waals surface area contributed by atoms with Crippen LogP contribution in [0.2, 0.25) is 0 Å². The minimum absolute atomic E-state index is 0.337. The third-order valence-electron chi connectivity index (χ3n) is 13.3. The number of allylic oxidation sites excluding steroid dienone is 2. The average Bonchev–Trinajstić information content (AvgIpc) is 3.91. The molecule has 8 rings (SSSR count). The maximum absolute atomic E-state index is 12.9. The number of fused-ring (bicyclic) bond motifs is 2. The Labute approximate surface area is 363 Å². The summed E-state index contributed by atoms with van der Waals surface area (Å²) >= 11 is -6.22. The first-order valence-corrected chi connectivity index (χ1v) is 31.7. The van der Waals surface area contributed by atoms with Gasteiger partial charge in [0.05, 0.1) is 0 Å². The molecule has 0 saturated heterocycles. The standard InChI is InChI=1S/2C25H23.C2H3BN2O2.2ClH.Zr/c2*1-3-18(2)22-13-7-8-14-23(22)24-15-9-12-20-16-21(17-25(20)24)19-10-5-4-6-11-19;6-1-4-3-5-2-7;;;/h2*4-18H,3H2,1-2H3;1-2H,(H-,4,5,6,7);2*1H;/q;;;;;+1/p-1. The van der Waals surface area contributed by atoms with Crippen molar-refractivity contribution >= 4 is 57.7 Å². The number of carbonyl (C=O) groups excluding carboxylic acids is 2. The molecule has 8 heteroatoms. The van der Waals surface area contributed by atoms with Gasteiger partial charge in [0.2, 0.25) is 0 Å². The third-order valence-corrected chi connectivity index (χ3v) is 33.0. The molecule has 4 nitrogen and oxygen atoms in total. The molecule has 0 fully saturated rings. The van der Waals surface area contributed by atoms with Gasteiger partial charge in [0.1, 0.15) is 0 Å². The first-order valence-electron chi connectivity index (χ1n) is 21.1. The van der Waals surface area contributed by atoms with E-state index in [1.165, 1.54) is 22.3 Å². The summed E-state index contributed by atoms with van der Waals surface area (Å²) in [6, 6.07) is 50.8. The van der Waals surface area contributed by atoms with Crippen molar-refractivity contribution in [2.45, 2.75) is 59.6 Å². The van der Waals surface area contributed by atoms with Gasteiger partial charge >= 0.3 is 366 Å². The van der Waals surface area contributed by atoms with Gasteiger partial charge in [-0.05, 0) is 0 Å². The van der Waals surface area contributed by atoms with Crippen LogP contribution in [0.5, 0.6) is 0 Å². The summed E-state index contributed by atoms with van der Waals surface area (Å²) in [6.07, 6.45) is 7.80. The fraction of sp³-hybridized carbons (Fsp3) is 0.192. The van der Waals surface area contributed by atoms with Crippen LogP contribution >= 0.6 is 17.0 Å². The molecule has 6 aromatic rings. The molecule has 0 saturated carbocycles. The first kappa shape index (κ1) is 42.0. The molecule has 0 radical (unpaired) electrons. The van der Waals surface area contributed by atoms with Gasteiger partial charge in [-0.15, -0.1) is 0 Å². The molecule has 2 amide bonds. The van der Waals surface area contributed by atoms with Crippen molar-refractivity contribution in [3.8, 4) is 22.3 Å². The summed E-state index contributed by atoms with van der Waals surface area (Å²) < 4.78 is -2.22. The molecule has 301 valence electrons. The summed E-state index contributed by atoms with van der Waals surface area (Å²) in [5.74, 6) is 0.673. The van der Waals surface area contributed by atoms with Gasteiger partial charge in [0, 0.05) is 0 Å². The molecule has 2 N–H and O–H groups in total. The first-order chi connectivity index (χ1) is 29.2. The number of benzene rings is 6. The molecule has 4 atom stereocenters. The van der Waals surface area contributed by atoms with E-state index >= 15 is 0 Å². The summed E-state index contributed by atoms with van der Waals surface area (Å²) in [5.41, 5.74) is 15.1. The van der Waals surface area contributed by atoms with Crippen LogP contribution in [-0.2, 0) is 25.8 Å². The molecule has 0 aliphatic heterocycles. The summed E-state index contributed by atoms with van der Waals surface area (Å²) in [5, 5.41) is 6.06. The quantitative estimate of drug-likeness (QED) is 0.0797. The van der Waals surface area contributed by atoms with Crippen LogP contribution in [0, 0.1) is 0 Å². The van der Waals surface area contributed by atoms with Gasteiger partial charge in [0.25, 0.3) is 0 Å². The van der Waals surface area contributed by atoms with Crippen LogP contribution in [0.25, 0.3) is 45.6 Å². The van der Waals surface area contributed by atoms with E-state index in [9.17, 15) is 9.59 Å². The van der Waals surface area contributed by atoms with Gasteiger partial charge in [-0.25, -0.2) is 0 Å². The molecule has 0 heterocycles. The number of amides is 2. The van der Waals surface area contributed by atoms with Gasteiger partial charge in [0.15, 0.2) is 0 Å². The Balaban J connectivity index is 1.48. The van der Waals surface area contributed by atoms with Crippen LogP contribution in [0.15, 0.2) is 146 Å². The van der Waals surface area contributed by atoms with Crippen molar-refractivity contribution in [3.63, 3.8) is 0 Å². The fourth-order valence-corrected chi connectivity index (χ4v) is 29.7. The average molecular weight is 908 g/mol. The number of nitrogens with one attached hydrogen (secondary N) is 2. The number of hydrogen-bond acceptors (Lipinski definition) is 2. The second-order valence-electron chi connectivity index (χ2n) is 16.4. The predicted molar refractivity (Wildman–Crippen MR) is 251 cm³/mol. The molecule has 2 aliphatic carbocycles. The van der Waals surface area contributed by atoms with Crippen molar-refractivity contribution < 1.29 is 25.8 Å². The van der Waals surface area contributed by atoms with Crippen molar-refractivity contribution in [1.29, 1.82) is 0 Å². The van der Waals surface area contributed by atoms with Gasteiger partial charge < -0.3 is 0 Å². The molecule has 0 aromatic heterocycles. The zero-order valence-electron chi connectivity index (χ0n) is 34.5. The van der Waals surface area contributed by atoms with Crippen molar-refractivity contribution in [2.75, 3.05) is 0 Å². The normalized spacial score (nSPS) is 17.2. The van der Waals surface area contributed by atoms with E-state index < -0.39 is 27.9 Å². The van der Waals surface area contributed by atoms with Crippen LogP contribution < -0.4 is 10.5 Å². The molecule has 60 heavy (non-hydrogen) atoms. The second kappa shape index (κ2) is 17.3. The number of rotatable bonds is 15. The Bertz CT molecular complexity index is 2450. The summed E-state index contributed by atoms with van der Waals surface area (Å²) in [6.45, 7) is 8.99. The number of hydrogen-bond donors (Lipinski definition) is 2. The Morgan fingerprint density at radius 1 is 0.533 bits per heavy atom. The molecular formula is C52H50BCl2N2O2Zr. The molecular weight excluding hydrogens is 858 g/mol. The van der Waals surface area contributed by atoms with Crippen molar-refractivity contribution in [3.05, 3.63) is 190 Å². The van der Waals surface area contributed by atoms with Crippen LogP contribution in [-0.4, -0.2) is 17.3 Å². The molecule has 0 spiro atoms. The van der Waals surface area contributed by atoms with Crippen molar-refractivity contribution in [2.24, 2.45) is 0 Å². The second-order valence-corrected chi connectivity index (χ2v) is 37.8. The third kappa shape index (κ3) is 7.09. The van der Waals surface area contributed by atoms with Gasteiger partial charge in [-0.2, -0.15) is 0 Å². The summed E-state index contributed by atoms with van der Waals surface area (Å²) in [4.78, 5) is 25.7. The number of carbonyl (C=O) groups is 2. The maximum atomic E-state index is 12.9. The molecule has 2 aliphatic rings. The Morgan fingerprint density at radius 2 is 0.900 bits per heavy atom. The van der Waals surface area contributed by atoms with E-state index in [1.807, 2.05) is 36.4 Å². The monoisotopic (exact) mass is 905 g/mol. The number of halogens is 2. The van der Waals surface area contributed by atoms with Crippen LogP contribution in [0.1, 0.15) is 104 Å². The fourth-order valence-electron chi connectivity index (χ4n) is 10.0. The van der Waals surface area contributed by atoms with Gasteiger partial charge in [-0.1, -0.05) is 0 Å². The van der Waals surface area contributed by atoms with E-state index in [1.54, 1.807) is 0 Å². The van der Waals surface area contributed by atoms with E-state index in [-0.39, 0.29) is 0 Å². The van der Waals surface area contributed by atoms with E-state index in [2.05, 4.69) is 159 Å². The van der Waals surface area contributed by atoms with E-state index in [4.69, 9.17) is 17.0 Å². The zero-order valence-corrected chi connectivity index (χ0v) is 38.5. The molecule has 4 unspecified atom stereocenters. The Kier molecular flexibility index (Phi) is 12.1.